The van der Waals surface area contributed by atoms with E-state index < -0.39 is 0 Å². The van der Waals surface area contributed by atoms with Gasteiger partial charge in [0.1, 0.15) is 0 Å². The van der Waals surface area contributed by atoms with E-state index in [2.05, 4.69) is 33.9 Å². The van der Waals surface area contributed by atoms with E-state index in [0.717, 1.165) is 0 Å². The van der Waals surface area contributed by atoms with Crippen LogP contribution in [0.1, 0.15) is 25.7 Å². The first-order chi connectivity index (χ1) is 6.58. The van der Waals surface area contributed by atoms with E-state index in [1.807, 2.05) is 0 Å². The lowest BCUT2D eigenvalue weighted by Crippen LogP contribution is -1.92. The van der Waals surface area contributed by atoms with E-state index in [1.165, 1.54) is 0 Å². The lowest BCUT2D eigenvalue weighted by atomic mass is 10.4. The van der Waals surface area contributed by atoms with Gasteiger partial charge in [0.05, 0.1) is 12.8 Å². The van der Waals surface area contributed by atoms with Gasteiger partial charge in [0.2, 0.25) is 0 Å². The number of carbonyl (C=O) groups excluding carboxylic acids is 2. The Kier molecular flexibility index (Phi) is 4.09. The third-order valence-electron chi connectivity index (χ3n) is 1.52. The fraction of sp³-hybridized carbons (Fsp3) is 0.500. The van der Waals surface area contributed by atoms with Crippen molar-refractivity contribution in [2.75, 3.05) is 0 Å². The number of rotatable bonds is 0. The lowest BCUT2D eigenvalue weighted by molar-refractivity contribution is -0.133. The van der Waals surface area contributed by atoms with Crippen LogP contribution in [-0.2, 0) is 19.1 Å². The van der Waals surface area contributed by atoms with Gasteiger partial charge in [0.25, 0.3) is 0 Å². The molecule has 0 spiro atoms. The van der Waals surface area contributed by atoms with Crippen LogP contribution in [0.4, 0.5) is 0 Å². The largest absolute Gasteiger partial charge is 0.419 e. The molecular weight excluding hydrogens is 224 g/mol. The van der Waals surface area contributed by atoms with Crippen LogP contribution < -0.4 is 0 Å². The van der Waals surface area contributed by atoms with E-state index in [1.54, 1.807) is 0 Å². The summed E-state index contributed by atoms with van der Waals surface area (Å²) in [4.78, 5) is 20.3. The maximum absolute atomic E-state index is 10.1. The summed E-state index contributed by atoms with van der Waals surface area (Å²) >= 11 is 9.11. The van der Waals surface area contributed by atoms with Gasteiger partial charge < -0.3 is 9.47 Å². The summed E-state index contributed by atoms with van der Waals surface area (Å²) in [5.74, 6) is -0.380. The standard InChI is InChI=1S/2C4H4O2S/c2*5-3-1-2-4(7)6-3/h2*1-2H2. The van der Waals surface area contributed by atoms with Gasteiger partial charge in [-0.1, -0.05) is 0 Å². The highest BCUT2D eigenvalue weighted by atomic mass is 32.1. The summed E-state index contributed by atoms with van der Waals surface area (Å²) in [5.41, 5.74) is 0. The van der Waals surface area contributed by atoms with Crippen LogP contribution in [0.2, 0.25) is 0 Å². The molecule has 0 unspecified atom stereocenters. The Hall–Kier alpha value is -0.880. The van der Waals surface area contributed by atoms with Gasteiger partial charge in [0.15, 0.2) is 10.1 Å². The third-order valence-corrected chi connectivity index (χ3v) is 2.10. The van der Waals surface area contributed by atoms with Crippen LogP contribution >= 0.6 is 24.4 Å². The Morgan fingerprint density at radius 3 is 1.21 bits per heavy atom. The normalized spacial score (nSPS) is 20.0. The summed E-state index contributed by atoms with van der Waals surface area (Å²) in [5, 5.41) is 0.870. The summed E-state index contributed by atoms with van der Waals surface area (Å²) in [7, 11) is 0. The van der Waals surface area contributed by atoms with Gasteiger partial charge in [-0.15, -0.1) is 0 Å². The summed E-state index contributed by atoms with van der Waals surface area (Å²) in [6.07, 6.45) is 2.21. The third kappa shape index (κ3) is 3.89. The molecule has 0 amide bonds. The molecule has 0 aromatic rings. The van der Waals surface area contributed by atoms with Crippen molar-refractivity contribution in [3.8, 4) is 0 Å². The minimum absolute atomic E-state index is 0.190. The smallest absolute Gasteiger partial charge is 0.312 e. The summed E-state index contributed by atoms with van der Waals surface area (Å²) in [6.45, 7) is 0. The van der Waals surface area contributed by atoms with Crippen molar-refractivity contribution in [3.05, 3.63) is 0 Å². The number of cyclic esters (lactones) is 2. The fourth-order valence-corrected chi connectivity index (χ4v) is 1.26. The molecule has 0 aliphatic carbocycles. The van der Waals surface area contributed by atoms with E-state index in [9.17, 15) is 9.59 Å². The van der Waals surface area contributed by atoms with Gasteiger partial charge in [-0.05, 0) is 24.4 Å². The second-order valence-corrected chi connectivity index (χ2v) is 3.60. The number of esters is 2. The van der Waals surface area contributed by atoms with Crippen molar-refractivity contribution >= 4 is 46.5 Å². The second kappa shape index (κ2) is 5.11. The average molecular weight is 232 g/mol. The maximum Gasteiger partial charge on any atom is 0.312 e. The zero-order valence-corrected chi connectivity index (χ0v) is 8.91. The van der Waals surface area contributed by atoms with Gasteiger partial charge >= 0.3 is 11.9 Å². The van der Waals surface area contributed by atoms with Gasteiger partial charge in [-0.2, -0.15) is 0 Å². The average Bonchev–Trinajstić information content (AvgIpc) is 2.63. The van der Waals surface area contributed by atoms with Gasteiger partial charge in [-0.25, -0.2) is 0 Å². The molecule has 0 bridgehead atoms. The zero-order valence-electron chi connectivity index (χ0n) is 7.28. The van der Waals surface area contributed by atoms with Crippen molar-refractivity contribution in [1.29, 1.82) is 0 Å². The fourth-order valence-electron chi connectivity index (χ4n) is 0.866. The minimum Gasteiger partial charge on any atom is -0.419 e. The van der Waals surface area contributed by atoms with E-state index in [4.69, 9.17) is 0 Å². The molecule has 0 radical (unpaired) electrons. The van der Waals surface area contributed by atoms with Crippen LogP contribution in [0.5, 0.6) is 0 Å². The minimum atomic E-state index is -0.190. The zero-order chi connectivity index (χ0) is 10.6. The molecule has 14 heavy (non-hydrogen) atoms. The SMILES string of the molecule is O=C1CCC(=S)O1.O=C1CCC(=S)O1. The van der Waals surface area contributed by atoms with Crippen LogP contribution in [0.15, 0.2) is 0 Å². The maximum atomic E-state index is 10.1. The molecule has 6 heteroatoms. The topological polar surface area (TPSA) is 52.6 Å². The Morgan fingerprint density at radius 2 is 1.14 bits per heavy atom. The monoisotopic (exact) mass is 232 g/mol. The molecule has 2 fully saturated rings. The first kappa shape index (κ1) is 11.2. The molecule has 0 aromatic heterocycles. The lowest BCUT2D eigenvalue weighted by Gasteiger charge is -1.83. The second-order valence-electron chi connectivity index (χ2n) is 2.69. The van der Waals surface area contributed by atoms with Crippen molar-refractivity contribution < 1.29 is 19.1 Å². The molecule has 2 saturated heterocycles. The predicted molar refractivity (Wildman–Crippen MR) is 55.8 cm³/mol. The summed E-state index contributed by atoms with van der Waals surface area (Å²) < 4.78 is 8.91. The van der Waals surface area contributed by atoms with Crippen LogP contribution in [0.3, 0.4) is 0 Å². The highest BCUT2D eigenvalue weighted by Crippen LogP contribution is 2.06. The van der Waals surface area contributed by atoms with Crippen molar-refractivity contribution in [2.45, 2.75) is 25.7 Å². The molecular formula is C8H8O4S2. The Morgan fingerprint density at radius 1 is 0.786 bits per heavy atom. The van der Waals surface area contributed by atoms with Crippen molar-refractivity contribution in [1.82, 2.24) is 0 Å². The quantitative estimate of drug-likeness (QED) is 0.463. The first-order valence-electron chi connectivity index (χ1n) is 4.05. The number of hydrogen-bond acceptors (Lipinski definition) is 6. The molecule has 2 heterocycles. The molecule has 0 saturated carbocycles. The molecule has 2 aliphatic rings. The molecule has 0 aromatic carbocycles. The van der Waals surface area contributed by atoms with E-state index >= 15 is 0 Å². The van der Waals surface area contributed by atoms with Crippen LogP contribution in [0.25, 0.3) is 0 Å². The van der Waals surface area contributed by atoms with Crippen molar-refractivity contribution in [2.24, 2.45) is 0 Å². The molecule has 0 atom stereocenters. The highest BCUT2D eigenvalue weighted by molar-refractivity contribution is 7.80. The number of ether oxygens (including phenoxy) is 2. The predicted octanol–water partition coefficient (Wildman–Crippen LogP) is 1.30. The van der Waals surface area contributed by atoms with Crippen LogP contribution in [0, 0.1) is 0 Å². The highest BCUT2D eigenvalue weighted by Gasteiger charge is 2.16. The Balaban J connectivity index is 0.000000140. The van der Waals surface area contributed by atoms with Gasteiger partial charge in [0, 0.05) is 12.8 Å². The van der Waals surface area contributed by atoms with Crippen LogP contribution in [-0.4, -0.2) is 22.0 Å². The molecule has 0 N–H and O–H groups in total. The molecule has 2 rings (SSSR count). The number of hydrogen-bond donors (Lipinski definition) is 0. The molecule has 76 valence electrons. The Bertz CT molecular complexity index is 240. The van der Waals surface area contributed by atoms with E-state index in [-0.39, 0.29) is 11.9 Å². The molecule has 2 aliphatic heterocycles. The van der Waals surface area contributed by atoms with E-state index in [0.29, 0.717) is 35.8 Å². The van der Waals surface area contributed by atoms with Gasteiger partial charge in [-0.3, -0.25) is 9.59 Å². The van der Waals surface area contributed by atoms with Crippen molar-refractivity contribution in [3.63, 3.8) is 0 Å². The summed E-state index contributed by atoms with van der Waals surface area (Å²) in [6, 6.07) is 0. The number of thiocarbonyl (C=S) groups is 2. The first-order valence-corrected chi connectivity index (χ1v) is 4.86. The number of carbonyl (C=O) groups is 2. The molecule has 4 nitrogen and oxygen atoms in total. The Labute approximate surface area is 91.6 Å².